The van der Waals surface area contributed by atoms with E-state index in [1.807, 2.05) is 25.1 Å². The molecule has 0 fully saturated rings. The van der Waals surface area contributed by atoms with Crippen molar-refractivity contribution in [3.05, 3.63) is 50.7 Å². The first kappa shape index (κ1) is 13.9. The number of hydrogen-bond donors (Lipinski definition) is 1. The van der Waals surface area contributed by atoms with E-state index in [-0.39, 0.29) is 5.91 Å². The minimum atomic E-state index is -0.0120. The monoisotopic (exact) mass is 294 g/mol. The molecule has 1 aromatic heterocycles. The van der Waals surface area contributed by atoms with E-state index in [4.69, 9.17) is 17.3 Å². The number of carbonyl (C=O) groups is 1. The molecule has 2 N–H and O–H groups in total. The predicted molar refractivity (Wildman–Crippen MR) is 80.7 cm³/mol. The van der Waals surface area contributed by atoms with E-state index in [9.17, 15) is 4.79 Å². The van der Waals surface area contributed by atoms with Crippen molar-refractivity contribution in [3.8, 4) is 0 Å². The van der Waals surface area contributed by atoms with Gasteiger partial charge in [0.25, 0.3) is 5.91 Å². The van der Waals surface area contributed by atoms with Gasteiger partial charge < -0.3 is 10.6 Å². The van der Waals surface area contributed by atoms with Crippen LogP contribution in [0.1, 0.15) is 20.8 Å². The van der Waals surface area contributed by atoms with E-state index < -0.39 is 0 Å². The van der Waals surface area contributed by atoms with E-state index in [0.717, 1.165) is 14.8 Å². The average Bonchev–Trinajstić information content (AvgIpc) is 2.74. The van der Waals surface area contributed by atoms with Gasteiger partial charge in [-0.15, -0.1) is 11.3 Å². The molecule has 3 nitrogen and oxygen atoms in total. The fourth-order valence-electron chi connectivity index (χ4n) is 1.87. The Balaban J connectivity index is 2.14. The Hall–Kier alpha value is -1.52. The summed E-state index contributed by atoms with van der Waals surface area (Å²) >= 11 is 7.37. The van der Waals surface area contributed by atoms with Crippen molar-refractivity contribution in [2.75, 3.05) is 12.8 Å². The van der Waals surface area contributed by atoms with Crippen molar-refractivity contribution >= 4 is 34.5 Å². The van der Waals surface area contributed by atoms with Gasteiger partial charge in [0.2, 0.25) is 0 Å². The van der Waals surface area contributed by atoms with Crippen molar-refractivity contribution in [3.63, 3.8) is 0 Å². The molecule has 0 spiro atoms. The van der Waals surface area contributed by atoms with Crippen LogP contribution in [0.25, 0.3) is 0 Å². The molecule has 1 heterocycles. The molecule has 100 valence electrons. The molecule has 0 unspecified atom stereocenters. The highest BCUT2D eigenvalue weighted by molar-refractivity contribution is 7.16. The molecule has 1 aromatic carbocycles. The third-order valence-electron chi connectivity index (χ3n) is 2.85. The number of rotatable bonds is 3. The molecular weight excluding hydrogens is 280 g/mol. The van der Waals surface area contributed by atoms with Crippen LogP contribution >= 0.6 is 22.9 Å². The molecular formula is C14H15ClN2OS. The number of amides is 1. The van der Waals surface area contributed by atoms with Gasteiger partial charge in [0.15, 0.2) is 0 Å². The van der Waals surface area contributed by atoms with Gasteiger partial charge in [0.05, 0.1) is 10.9 Å². The minimum absolute atomic E-state index is 0.0120. The second-order valence-corrected chi connectivity index (χ2v) is 6.24. The van der Waals surface area contributed by atoms with Crippen LogP contribution in [-0.4, -0.2) is 17.9 Å². The SMILES string of the molecule is Cc1cc(N)ccc1C(=O)N(C)Cc1ccc(Cl)s1. The number of thiophene rings is 1. The number of anilines is 1. The number of nitrogens with zero attached hydrogens (tertiary/aromatic N) is 1. The molecule has 1 amide bonds. The minimum Gasteiger partial charge on any atom is -0.399 e. The van der Waals surface area contributed by atoms with Crippen LogP contribution in [0.15, 0.2) is 30.3 Å². The number of benzene rings is 1. The molecule has 0 aliphatic heterocycles. The van der Waals surface area contributed by atoms with E-state index in [0.29, 0.717) is 17.8 Å². The zero-order chi connectivity index (χ0) is 14.0. The standard InChI is InChI=1S/C14H15ClN2OS/c1-9-7-10(16)3-5-12(9)14(18)17(2)8-11-4-6-13(15)19-11/h3-7H,8,16H2,1-2H3. The van der Waals surface area contributed by atoms with E-state index >= 15 is 0 Å². The van der Waals surface area contributed by atoms with Crippen LogP contribution in [0.5, 0.6) is 0 Å². The summed E-state index contributed by atoms with van der Waals surface area (Å²) in [6.07, 6.45) is 0. The van der Waals surface area contributed by atoms with Crippen LogP contribution < -0.4 is 5.73 Å². The van der Waals surface area contributed by atoms with Gasteiger partial charge >= 0.3 is 0 Å². The topological polar surface area (TPSA) is 46.3 Å². The summed E-state index contributed by atoms with van der Waals surface area (Å²) in [4.78, 5) is 15.1. The van der Waals surface area contributed by atoms with Crippen molar-refractivity contribution in [2.24, 2.45) is 0 Å². The number of nitrogen functional groups attached to an aromatic ring is 1. The molecule has 2 aromatic rings. The number of nitrogens with two attached hydrogens (primary N) is 1. The summed E-state index contributed by atoms with van der Waals surface area (Å²) in [5.41, 5.74) is 7.93. The molecule has 0 aliphatic rings. The van der Waals surface area contributed by atoms with E-state index in [2.05, 4.69) is 0 Å². The Morgan fingerprint density at radius 1 is 1.37 bits per heavy atom. The van der Waals surface area contributed by atoms with Crippen LogP contribution in [0, 0.1) is 6.92 Å². The lowest BCUT2D eigenvalue weighted by Gasteiger charge is -2.17. The van der Waals surface area contributed by atoms with Crippen LogP contribution in [0.2, 0.25) is 4.34 Å². The number of hydrogen-bond acceptors (Lipinski definition) is 3. The normalized spacial score (nSPS) is 10.5. The van der Waals surface area contributed by atoms with Crippen LogP contribution in [0.3, 0.4) is 0 Å². The van der Waals surface area contributed by atoms with Gasteiger partial charge in [0, 0.05) is 23.2 Å². The zero-order valence-corrected chi connectivity index (χ0v) is 12.4. The maximum absolute atomic E-state index is 12.3. The van der Waals surface area contributed by atoms with Gasteiger partial charge in [0.1, 0.15) is 0 Å². The molecule has 0 aliphatic carbocycles. The first-order valence-corrected chi connectivity index (χ1v) is 7.02. The highest BCUT2D eigenvalue weighted by Crippen LogP contribution is 2.23. The summed E-state index contributed by atoms with van der Waals surface area (Å²) in [7, 11) is 1.78. The predicted octanol–water partition coefficient (Wildman–Crippen LogP) is 3.56. The number of carbonyl (C=O) groups excluding carboxylic acids is 1. The van der Waals surface area contributed by atoms with Gasteiger partial charge in [-0.25, -0.2) is 0 Å². The lowest BCUT2D eigenvalue weighted by atomic mass is 10.1. The quantitative estimate of drug-likeness (QED) is 0.880. The highest BCUT2D eigenvalue weighted by Gasteiger charge is 2.15. The van der Waals surface area contributed by atoms with Crippen LogP contribution in [-0.2, 0) is 6.54 Å². The summed E-state index contributed by atoms with van der Waals surface area (Å²) in [6.45, 7) is 2.44. The van der Waals surface area contributed by atoms with Crippen molar-refractivity contribution in [1.29, 1.82) is 0 Å². The second kappa shape index (κ2) is 5.63. The van der Waals surface area contributed by atoms with Crippen molar-refractivity contribution in [1.82, 2.24) is 4.90 Å². The third-order valence-corrected chi connectivity index (χ3v) is 4.07. The first-order chi connectivity index (χ1) is 8.97. The van der Waals surface area contributed by atoms with Crippen molar-refractivity contribution in [2.45, 2.75) is 13.5 Å². The summed E-state index contributed by atoms with van der Waals surface area (Å²) in [5.74, 6) is -0.0120. The number of halogens is 1. The lowest BCUT2D eigenvalue weighted by molar-refractivity contribution is 0.0786. The van der Waals surface area contributed by atoms with E-state index in [1.165, 1.54) is 11.3 Å². The van der Waals surface area contributed by atoms with Gasteiger partial charge in [-0.05, 0) is 42.8 Å². The Morgan fingerprint density at radius 2 is 2.11 bits per heavy atom. The Labute approximate surface area is 121 Å². The molecule has 5 heteroatoms. The molecule has 0 bridgehead atoms. The average molecular weight is 295 g/mol. The lowest BCUT2D eigenvalue weighted by Crippen LogP contribution is -2.26. The van der Waals surface area contributed by atoms with E-state index in [1.54, 1.807) is 24.1 Å². The largest absolute Gasteiger partial charge is 0.399 e. The highest BCUT2D eigenvalue weighted by atomic mass is 35.5. The molecule has 2 rings (SSSR count). The fourth-order valence-corrected chi connectivity index (χ4v) is 3.02. The molecule has 0 radical (unpaired) electrons. The Morgan fingerprint density at radius 3 is 2.68 bits per heavy atom. The van der Waals surface area contributed by atoms with Gasteiger partial charge in [-0.1, -0.05) is 11.6 Å². The molecule has 19 heavy (non-hydrogen) atoms. The summed E-state index contributed by atoms with van der Waals surface area (Å²) < 4.78 is 0.736. The third kappa shape index (κ3) is 3.28. The van der Waals surface area contributed by atoms with Gasteiger partial charge in [-0.2, -0.15) is 0 Å². The Bertz CT molecular complexity index is 609. The molecule has 0 saturated carbocycles. The zero-order valence-electron chi connectivity index (χ0n) is 10.8. The summed E-state index contributed by atoms with van der Waals surface area (Å²) in [5, 5.41) is 0. The smallest absolute Gasteiger partial charge is 0.254 e. The maximum atomic E-state index is 12.3. The number of aryl methyl sites for hydroxylation is 1. The first-order valence-electron chi connectivity index (χ1n) is 5.83. The second-order valence-electron chi connectivity index (χ2n) is 4.44. The maximum Gasteiger partial charge on any atom is 0.254 e. The summed E-state index contributed by atoms with van der Waals surface area (Å²) in [6, 6.07) is 9.10. The molecule has 0 atom stereocenters. The van der Waals surface area contributed by atoms with Gasteiger partial charge in [-0.3, -0.25) is 4.79 Å². The van der Waals surface area contributed by atoms with Crippen molar-refractivity contribution < 1.29 is 4.79 Å². The molecule has 0 saturated heterocycles. The Kier molecular flexibility index (Phi) is 4.12. The fraction of sp³-hybridized carbons (Fsp3) is 0.214. The van der Waals surface area contributed by atoms with Crippen LogP contribution in [0.4, 0.5) is 5.69 Å².